The second-order valence-electron chi connectivity index (χ2n) is 5.83. The number of aliphatic hydroxyl groups excluding tert-OH is 3. The van der Waals surface area contributed by atoms with Gasteiger partial charge in [-0.05, 0) is 0 Å². The molecule has 4 atom stereocenters. The van der Waals surface area contributed by atoms with Crippen molar-refractivity contribution in [2.45, 2.75) is 31.0 Å². The molecule has 0 radical (unpaired) electrons. The monoisotopic (exact) mass is 357 g/mol. The van der Waals surface area contributed by atoms with Gasteiger partial charge in [-0.3, -0.25) is 9.98 Å². The van der Waals surface area contributed by atoms with Crippen molar-refractivity contribution in [2.75, 3.05) is 25.1 Å². The Labute approximate surface area is 143 Å². The fourth-order valence-electron chi connectivity index (χ4n) is 2.84. The van der Waals surface area contributed by atoms with E-state index in [1.807, 2.05) is 0 Å². The summed E-state index contributed by atoms with van der Waals surface area (Å²) in [6.07, 6.45) is -0.925. The smallest absolute Gasteiger partial charge is 0.152 e. The fourth-order valence-corrected chi connectivity index (χ4v) is 2.91. The lowest BCUT2D eigenvalue weighted by molar-refractivity contribution is -0.0437. The molecule has 1 aromatic rings. The highest BCUT2D eigenvalue weighted by atomic mass is 35.5. The third-order valence-corrected chi connectivity index (χ3v) is 4.47. The van der Waals surface area contributed by atoms with Gasteiger partial charge in [0.1, 0.15) is 29.9 Å². The number of hydrogen-bond acceptors (Lipinski definition) is 7. The molecule has 0 spiro atoms. The van der Waals surface area contributed by atoms with Crippen LogP contribution in [0.2, 0.25) is 0 Å². The van der Waals surface area contributed by atoms with Crippen LogP contribution in [0, 0.1) is 5.41 Å². The number of fused-ring (bicyclic) bond motifs is 1. The zero-order chi connectivity index (χ0) is 17.4. The van der Waals surface area contributed by atoms with Gasteiger partial charge < -0.3 is 30.3 Å². The number of ether oxygens (including phenoxy) is 1. The van der Waals surface area contributed by atoms with E-state index in [0.29, 0.717) is 17.9 Å². The zero-order valence-electron chi connectivity index (χ0n) is 12.9. The summed E-state index contributed by atoms with van der Waals surface area (Å²) >= 11 is 5.68. The summed E-state index contributed by atoms with van der Waals surface area (Å²) in [6, 6.07) is 0. The van der Waals surface area contributed by atoms with E-state index < -0.39 is 24.5 Å². The van der Waals surface area contributed by atoms with E-state index in [9.17, 15) is 15.3 Å². The lowest BCUT2D eigenvalue weighted by Crippen LogP contribution is -2.44. The van der Waals surface area contributed by atoms with Gasteiger partial charge in [0.15, 0.2) is 5.84 Å². The number of nitrogens with one attached hydrogen (secondary N) is 2. The summed E-state index contributed by atoms with van der Waals surface area (Å²) in [5.74, 6) is 0.753. The Morgan fingerprint density at radius 2 is 2.38 bits per heavy atom. The number of halogens is 1. The Kier molecular flexibility index (Phi) is 4.79. The van der Waals surface area contributed by atoms with Crippen LogP contribution < -0.4 is 5.32 Å². The molecule has 0 bridgehead atoms. The van der Waals surface area contributed by atoms with Crippen molar-refractivity contribution in [3.8, 4) is 0 Å². The van der Waals surface area contributed by atoms with Gasteiger partial charge in [-0.2, -0.15) is 0 Å². The van der Waals surface area contributed by atoms with Crippen molar-refractivity contribution < 1.29 is 20.1 Å². The molecule has 1 aromatic heterocycles. The van der Waals surface area contributed by atoms with E-state index in [1.165, 1.54) is 6.33 Å². The number of aromatic nitrogens is 2. The molecule has 1 unspecified atom stereocenters. The lowest BCUT2D eigenvalue weighted by Gasteiger charge is -2.32. The van der Waals surface area contributed by atoms with Gasteiger partial charge in [0.25, 0.3) is 0 Å². The van der Waals surface area contributed by atoms with Gasteiger partial charge >= 0.3 is 0 Å². The minimum absolute atomic E-state index is 0.113. The Bertz CT molecular complexity index is 651. The minimum Gasteiger partial charge on any atom is -0.394 e. The van der Waals surface area contributed by atoms with Gasteiger partial charge in [-0.25, -0.2) is 4.98 Å². The fraction of sp³-hybridized carbons (Fsp3) is 0.571. The van der Waals surface area contributed by atoms with Crippen LogP contribution in [-0.2, 0) is 4.74 Å². The van der Waals surface area contributed by atoms with Gasteiger partial charge in [0.05, 0.1) is 32.3 Å². The van der Waals surface area contributed by atoms with Crippen LogP contribution in [0.4, 0.5) is 5.82 Å². The van der Waals surface area contributed by atoms with Gasteiger partial charge in [-0.15, -0.1) is 0 Å². The summed E-state index contributed by atoms with van der Waals surface area (Å²) in [5.41, 5.74) is 0.416. The quantitative estimate of drug-likeness (QED) is 0.487. The van der Waals surface area contributed by atoms with Gasteiger partial charge in [0.2, 0.25) is 0 Å². The molecule has 1 fully saturated rings. The van der Waals surface area contributed by atoms with E-state index in [2.05, 4.69) is 16.9 Å². The lowest BCUT2D eigenvalue weighted by atomic mass is 10.2. The second-order valence-corrected chi connectivity index (χ2v) is 6.32. The Morgan fingerprint density at radius 1 is 1.62 bits per heavy atom. The molecular weight excluding hydrogens is 338 g/mol. The predicted molar refractivity (Wildman–Crippen MR) is 86.9 cm³/mol. The standard InChI is InChI=1S/C14H20ClN5O4/c1-7(15)9(23)3-19-5-18-14-12(13(19)16)17-6-20(14)11-2-8(22)10(4-21)24-11/h6,8-11,16,18,21-23H,1-5H2/t8-,9?,10+,11+/m0/s1. The molecule has 132 valence electrons. The number of amidine groups is 1. The Hall–Kier alpha value is -1.65. The van der Waals surface area contributed by atoms with Gasteiger partial charge in [-0.1, -0.05) is 18.2 Å². The summed E-state index contributed by atoms with van der Waals surface area (Å²) in [6.45, 7) is 3.65. The third-order valence-electron chi connectivity index (χ3n) is 4.22. The van der Waals surface area contributed by atoms with Crippen LogP contribution >= 0.6 is 11.6 Å². The number of nitrogens with zero attached hydrogens (tertiary/aromatic N) is 3. The average molecular weight is 358 g/mol. The number of anilines is 1. The van der Waals surface area contributed by atoms with E-state index in [-0.39, 0.29) is 30.7 Å². The van der Waals surface area contributed by atoms with Crippen LogP contribution in [0.15, 0.2) is 17.9 Å². The van der Waals surface area contributed by atoms with Crippen LogP contribution in [-0.4, -0.2) is 73.7 Å². The Balaban J connectivity index is 1.76. The summed E-state index contributed by atoms with van der Waals surface area (Å²) in [4.78, 5) is 5.83. The van der Waals surface area contributed by atoms with E-state index in [4.69, 9.17) is 21.7 Å². The SMILES string of the molecule is C=C(Cl)C(O)CN1CNc2c(ncn2[C@H]2C[C@H](O)[C@@H](CO)O2)C1=N. The molecule has 10 heteroatoms. The first-order chi connectivity index (χ1) is 11.4. The normalized spacial score (nSPS) is 27.8. The van der Waals surface area contributed by atoms with Crippen molar-refractivity contribution >= 4 is 23.3 Å². The van der Waals surface area contributed by atoms with Crippen molar-refractivity contribution in [3.05, 3.63) is 23.6 Å². The first-order valence-electron chi connectivity index (χ1n) is 7.53. The molecule has 24 heavy (non-hydrogen) atoms. The Morgan fingerprint density at radius 3 is 3.00 bits per heavy atom. The maximum absolute atomic E-state index is 9.87. The summed E-state index contributed by atoms with van der Waals surface area (Å²) in [5, 5.41) is 40.4. The van der Waals surface area contributed by atoms with Crippen LogP contribution in [0.5, 0.6) is 0 Å². The van der Waals surface area contributed by atoms with E-state index in [0.717, 1.165) is 0 Å². The highest BCUT2D eigenvalue weighted by molar-refractivity contribution is 6.29. The maximum Gasteiger partial charge on any atom is 0.152 e. The third kappa shape index (κ3) is 3.01. The van der Waals surface area contributed by atoms with E-state index >= 15 is 0 Å². The average Bonchev–Trinajstić information content (AvgIpc) is 3.13. The van der Waals surface area contributed by atoms with Gasteiger partial charge in [0, 0.05) is 11.5 Å². The van der Waals surface area contributed by atoms with Crippen molar-refractivity contribution in [1.82, 2.24) is 14.5 Å². The minimum atomic E-state index is -0.948. The molecule has 2 aliphatic rings. The molecular formula is C14H20ClN5O4. The molecule has 0 amide bonds. The largest absolute Gasteiger partial charge is 0.394 e. The number of rotatable bonds is 5. The second kappa shape index (κ2) is 6.69. The topological polar surface area (TPSA) is 127 Å². The van der Waals surface area contributed by atoms with E-state index in [1.54, 1.807) is 9.47 Å². The van der Waals surface area contributed by atoms with Crippen molar-refractivity contribution in [1.29, 1.82) is 5.41 Å². The summed E-state index contributed by atoms with van der Waals surface area (Å²) < 4.78 is 7.33. The van der Waals surface area contributed by atoms with Crippen LogP contribution in [0.1, 0.15) is 18.3 Å². The molecule has 0 saturated carbocycles. The number of aliphatic hydroxyl groups is 3. The predicted octanol–water partition coefficient (Wildman–Crippen LogP) is -0.352. The first kappa shape index (κ1) is 17.2. The maximum atomic E-state index is 9.87. The molecule has 3 rings (SSSR count). The van der Waals surface area contributed by atoms with Crippen LogP contribution in [0.3, 0.4) is 0 Å². The molecule has 0 aromatic carbocycles. The molecule has 2 aliphatic heterocycles. The first-order valence-corrected chi connectivity index (χ1v) is 7.91. The molecule has 9 nitrogen and oxygen atoms in total. The van der Waals surface area contributed by atoms with Crippen molar-refractivity contribution in [3.63, 3.8) is 0 Å². The highest BCUT2D eigenvalue weighted by Crippen LogP contribution is 2.33. The number of hydrogen-bond donors (Lipinski definition) is 5. The summed E-state index contributed by atoms with van der Waals surface area (Å²) in [7, 11) is 0. The number of β-amino-alcohol motifs (C(OH)–C–C–N with tert-alkyl or cyclic N) is 1. The van der Waals surface area contributed by atoms with Crippen molar-refractivity contribution in [2.24, 2.45) is 0 Å². The number of imidazole rings is 1. The zero-order valence-corrected chi connectivity index (χ0v) is 13.6. The molecule has 5 N–H and O–H groups in total. The molecule has 0 aliphatic carbocycles. The molecule has 1 saturated heterocycles. The highest BCUT2D eigenvalue weighted by Gasteiger charge is 2.37. The van der Waals surface area contributed by atoms with Crippen LogP contribution in [0.25, 0.3) is 0 Å². The molecule has 3 heterocycles.